The second-order valence-corrected chi connectivity index (χ2v) is 6.37. The van der Waals surface area contributed by atoms with Gasteiger partial charge in [-0.1, -0.05) is 38.1 Å². The summed E-state index contributed by atoms with van der Waals surface area (Å²) in [7, 11) is 0. The van der Waals surface area contributed by atoms with Gasteiger partial charge in [-0.2, -0.15) is 0 Å². The minimum atomic E-state index is -0.892. The van der Waals surface area contributed by atoms with Crippen LogP contribution in [-0.2, 0) is 13.0 Å². The van der Waals surface area contributed by atoms with Gasteiger partial charge in [0.1, 0.15) is 4.88 Å². The third kappa shape index (κ3) is 4.15. The number of aromatic nitrogens is 1. The van der Waals surface area contributed by atoms with E-state index in [1.165, 1.54) is 22.5 Å². The van der Waals surface area contributed by atoms with Crippen LogP contribution >= 0.6 is 11.3 Å². The molecule has 0 fully saturated rings. The maximum Gasteiger partial charge on any atom is 0.347 e. The third-order valence-corrected chi connectivity index (χ3v) is 4.83. The first kappa shape index (κ1) is 16.6. The Morgan fingerprint density at radius 1 is 1.27 bits per heavy atom. The Hall–Kier alpha value is -1.72. The molecule has 0 aliphatic rings. The van der Waals surface area contributed by atoms with Crippen molar-refractivity contribution in [3.8, 4) is 0 Å². The number of aromatic carboxylic acids is 1. The van der Waals surface area contributed by atoms with Crippen molar-refractivity contribution in [3.63, 3.8) is 0 Å². The zero-order valence-electron chi connectivity index (χ0n) is 13.3. The summed E-state index contributed by atoms with van der Waals surface area (Å²) < 4.78 is 0. The van der Waals surface area contributed by atoms with Crippen molar-refractivity contribution in [2.45, 2.75) is 33.7 Å². The van der Waals surface area contributed by atoms with Gasteiger partial charge in [0.05, 0.1) is 10.7 Å². The van der Waals surface area contributed by atoms with Crippen LogP contribution in [-0.4, -0.2) is 34.0 Å². The molecule has 5 heteroatoms. The van der Waals surface area contributed by atoms with Gasteiger partial charge in [-0.3, -0.25) is 4.90 Å². The molecule has 0 radical (unpaired) electrons. The number of hydrogen-bond acceptors (Lipinski definition) is 4. The molecule has 1 heterocycles. The molecule has 1 aromatic heterocycles. The van der Waals surface area contributed by atoms with Crippen LogP contribution in [0.5, 0.6) is 0 Å². The molecule has 0 bridgehead atoms. The van der Waals surface area contributed by atoms with Gasteiger partial charge in [0.15, 0.2) is 0 Å². The molecule has 0 atom stereocenters. The highest BCUT2D eigenvalue weighted by Crippen LogP contribution is 2.21. The Kier molecular flexibility index (Phi) is 5.69. The fourth-order valence-electron chi connectivity index (χ4n) is 2.44. The lowest BCUT2D eigenvalue weighted by Gasteiger charge is -2.18. The fraction of sp³-hybridized carbons (Fsp3) is 0.412. The van der Waals surface area contributed by atoms with E-state index in [0.717, 1.165) is 24.6 Å². The van der Waals surface area contributed by atoms with Crippen LogP contribution in [0.25, 0.3) is 0 Å². The molecule has 0 saturated carbocycles. The third-order valence-electron chi connectivity index (χ3n) is 3.68. The number of benzene rings is 1. The van der Waals surface area contributed by atoms with E-state index in [0.29, 0.717) is 17.0 Å². The highest BCUT2D eigenvalue weighted by Gasteiger charge is 2.14. The van der Waals surface area contributed by atoms with Crippen LogP contribution in [0.1, 0.15) is 45.3 Å². The van der Waals surface area contributed by atoms with Gasteiger partial charge >= 0.3 is 5.97 Å². The van der Waals surface area contributed by atoms with Crippen LogP contribution in [0.2, 0.25) is 0 Å². The number of thiazole rings is 1. The average molecular weight is 318 g/mol. The summed E-state index contributed by atoms with van der Waals surface area (Å²) in [5, 5.41) is 9.96. The number of hydrogen-bond donors (Lipinski definition) is 1. The molecule has 0 unspecified atom stereocenters. The van der Waals surface area contributed by atoms with Crippen molar-refractivity contribution >= 4 is 17.3 Å². The van der Waals surface area contributed by atoms with E-state index in [2.05, 4.69) is 48.0 Å². The molecular weight excluding hydrogens is 296 g/mol. The van der Waals surface area contributed by atoms with Gasteiger partial charge in [-0.15, -0.1) is 11.3 Å². The summed E-state index contributed by atoms with van der Waals surface area (Å²) in [6.07, 6.45) is 0.685. The highest BCUT2D eigenvalue weighted by atomic mass is 32.1. The second kappa shape index (κ2) is 7.51. The molecule has 2 rings (SSSR count). The van der Waals surface area contributed by atoms with Crippen molar-refractivity contribution in [1.29, 1.82) is 0 Å². The number of carbonyl (C=O) groups is 1. The highest BCUT2D eigenvalue weighted by molar-refractivity contribution is 7.13. The van der Waals surface area contributed by atoms with Gasteiger partial charge in [0.25, 0.3) is 0 Å². The van der Waals surface area contributed by atoms with Gasteiger partial charge in [-0.05, 0) is 31.1 Å². The van der Waals surface area contributed by atoms with Crippen molar-refractivity contribution < 1.29 is 9.90 Å². The molecule has 22 heavy (non-hydrogen) atoms. The first-order valence-electron chi connectivity index (χ1n) is 7.53. The van der Waals surface area contributed by atoms with Crippen molar-refractivity contribution in [1.82, 2.24) is 9.88 Å². The monoisotopic (exact) mass is 318 g/mol. The number of aryl methyl sites for hydroxylation is 1. The summed E-state index contributed by atoms with van der Waals surface area (Å²) in [6.45, 7) is 9.10. The minimum absolute atomic E-state index is 0.342. The van der Waals surface area contributed by atoms with Crippen molar-refractivity contribution in [2.75, 3.05) is 13.1 Å². The molecule has 0 aliphatic heterocycles. The number of nitrogens with zero attached hydrogens (tertiary/aromatic N) is 2. The van der Waals surface area contributed by atoms with Crippen LogP contribution < -0.4 is 0 Å². The van der Waals surface area contributed by atoms with E-state index >= 15 is 0 Å². The molecule has 4 nitrogen and oxygen atoms in total. The lowest BCUT2D eigenvalue weighted by atomic mass is 10.1. The zero-order valence-corrected chi connectivity index (χ0v) is 14.1. The van der Waals surface area contributed by atoms with Gasteiger partial charge < -0.3 is 5.11 Å². The van der Waals surface area contributed by atoms with Crippen LogP contribution in [0, 0.1) is 6.92 Å². The van der Waals surface area contributed by atoms with E-state index in [1.807, 2.05) is 0 Å². The Labute approximate surface area is 135 Å². The molecule has 1 aromatic carbocycles. The van der Waals surface area contributed by atoms with Gasteiger partial charge in [0.2, 0.25) is 0 Å². The second-order valence-electron chi connectivity index (χ2n) is 5.29. The lowest BCUT2D eigenvalue weighted by molar-refractivity contribution is 0.0701. The van der Waals surface area contributed by atoms with Crippen LogP contribution in [0.4, 0.5) is 0 Å². The van der Waals surface area contributed by atoms with E-state index in [1.54, 1.807) is 6.92 Å². The van der Waals surface area contributed by atoms with E-state index in [9.17, 15) is 4.79 Å². The van der Waals surface area contributed by atoms with E-state index in [4.69, 9.17) is 5.11 Å². The lowest BCUT2D eigenvalue weighted by Crippen LogP contribution is -2.22. The molecule has 1 N–H and O–H groups in total. The molecule has 0 spiro atoms. The number of rotatable bonds is 7. The predicted molar refractivity (Wildman–Crippen MR) is 89.7 cm³/mol. The maximum absolute atomic E-state index is 11.1. The van der Waals surface area contributed by atoms with Crippen LogP contribution in [0.3, 0.4) is 0 Å². The fourth-order valence-corrected chi connectivity index (χ4v) is 3.38. The largest absolute Gasteiger partial charge is 0.477 e. The van der Waals surface area contributed by atoms with Gasteiger partial charge in [-0.25, -0.2) is 9.78 Å². The molecule has 0 saturated heterocycles. The standard InChI is InChI=1S/C17H22N2O2S/c1-4-19(5-2)11-14-8-6-7-13(9-14)10-15-18-12(3)16(22-15)17(20)21/h6-9H,4-5,10-11H2,1-3H3,(H,20,21). The molecular formula is C17H22N2O2S. The average Bonchev–Trinajstić information content (AvgIpc) is 2.86. The first-order valence-corrected chi connectivity index (χ1v) is 8.34. The quantitative estimate of drug-likeness (QED) is 0.848. The van der Waals surface area contributed by atoms with Crippen molar-refractivity contribution in [3.05, 3.63) is 51.0 Å². The SMILES string of the molecule is CCN(CC)Cc1cccc(Cc2nc(C)c(C(=O)O)s2)c1. The number of carboxylic acids is 1. The van der Waals surface area contributed by atoms with Crippen LogP contribution in [0.15, 0.2) is 24.3 Å². The Balaban J connectivity index is 2.13. The van der Waals surface area contributed by atoms with E-state index < -0.39 is 5.97 Å². The summed E-state index contributed by atoms with van der Waals surface area (Å²) >= 11 is 1.27. The molecule has 0 aliphatic carbocycles. The van der Waals surface area contributed by atoms with Crippen molar-refractivity contribution in [2.24, 2.45) is 0 Å². The summed E-state index contributed by atoms with van der Waals surface area (Å²) in [5.41, 5.74) is 3.06. The Morgan fingerprint density at radius 3 is 2.55 bits per heavy atom. The minimum Gasteiger partial charge on any atom is -0.477 e. The predicted octanol–water partition coefficient (Wildman–Crippen LogP) is 3.58. The summed E-state index contributed by atoms with van der Waals surface area (Å²) in [5.74, 6) is -0.892. The summed E-state index contributed by atoms with van der Waals surface area (Å²) in [4.78, 5) is 18.2. The first-order chi connectivity index (χ1) is 10.5. The summed E-state index contributed by atoms with van der Waals surface area (Å²) in [6, 6.07) is 8.46. The molecule has 2 aromatic rings. The molecule has 118 valence electrons. The normalized spacial score (nSPS) is 11.1. The topological polar surface area (TPSA) is 53.4 Å². The number of carboxylic acid groups (broad SMARTS) is 1. The van der Waals surface area contributed by atoms with E-state index in [-0.39, 0.29) is 0 Å². The molecule has 0 amide bonds. The van der Waals surface area contributed by atoms with Gasteiger partial charge in [0, 0.05) is 13.0 Å². The zero-order chi connectivity index (χ0) is 16.1. The Morgan fingerprint density at radius 2 is 1.95 bits per heavy atom. The smallest absolute Gasteiger partial charge is 0.347 e. The maximum atomic E-state index is 11.1. The Bertz CT molecular complexity index is 648.